The number of aliphatic hydroxyl groups excluding tert-OH is 1. The molecule has 0 unspecified atom stereocenters. The van der Waals surface area contributed by atoms with Crippen LogP contribution in [0.2, 0.25) is 0 Å². The average Bonchev–Trinajstić information content (AvgIpc) is 2.27. The van der Waals surface area contributed by atoms with E-state index in [1.165, 1.54) is 19.1 Å². The number of benzene rings is 1. The number of rotatable bonds is 5. The third-order valence-electron chi connectivity index (χ3n) is 2.42. The number of aliphatic hydroxyl groups is 1. The monoisotopic (exact) mass is 214 g/mol. The molecule has 0 radical (unpaired) electrons. The van der Waals surface area contributed by atoms with Gasteiger partial charge >= 0.3 is 0 Å². The summed E-state index contributed by atoms with van der Waals surface area (Å²) >= 11 is 0. The molecule has 1 N–H and O–H groups in total. The quantitative estimate of drug-likeness (QED) is 0.798. The smallest absolute Gasteiger partial charge is 0.273 e. The molecule has 0 heterocycles. The van der Waals surface area contributed by atoms with Crippen molar-refractivity contribution < 1.29 is 13.9 Å². The maximum atomic E-state index is 13.3. The number of alkyl halides is 2. The highest BCUT2D eigenvalue weighted by atomic mass is 19.3. The molecule has 84 valence electrons. The fraction of sp³-hybridized carbons (Fsp3) is 0.500. The number of hydrogen-bond acceptors (Lipinski definition) is 1. The molecule has 0 aliphatic carbocycles. The standard InChI is InChI=1S/C12H16F2O/c1-2-12(13,14)11-7-3-5-10(9-11)6-4-8-15/h3,5,7,9,15H,2,4,6,8H2,1H3. The predicted molar refractivity (Wildman–Crippen MR) is 56.0 cm³/mol. The highest BCUT2D eigenvalue weighted by Crippen LogP contribution is 2.31. The van der Waals surface area contributed by atoms with Crippen molar-refractivity contribution in [3.05, 3.63) is 35.4 Å². The molecule has 1 aromatic carbocycles. The van der Waals surface area contributed by atoms with Crippen LogP contribution in [0.1, 0.15) is 30.9 Å². The van der Waals surface area contributed by atoms with Crippen LogP contribution >= 0.6 is 0 Å². The summed E-state index contributed by atoms with van der Waals surface area (Å²) in [6, 6.07) is 6.43. The summed E-state index contributed by atoms with van der Waals surface area (Å²) in [6.07, 6.45) is 1.07. The summed E-state index contributed by atoms with van der Waals surface area (Å²) in [7, 11) is 0. The third kappa shape index (κ3) is 3.27. The highest BCUT2D eigenvalue weighted by molar-refractivity contribution is 5.26. The van der Waals surface area contributed by atoms with E-state index in [1.54, 1.807) is 6.07 Å². The van der Waals surface area contributed by atoms with Crippen molar-refractivity contribution in [1.29, 1.82) is 0 Å². The molecule has 1 rings (SSSR count). The van der Waals surface area contributed by atoms with E-state index in [1.807, 2.05) is 6.07 Å². The molecule has 1 aromatic rings. The molecular formula is C12H16F2O. The highest BCUT2D eigenvalue weighted by Gasteiger charge is 2.28. The lowest BCUT2D eigenvalue weighted by molar-refractivity contribution is -0.00835. The minimum atomic E-state index is -2.74. The van der Waals surface area contributed by atoms with E-state index in [9.17, 15) is 8.78 Å². The minimum Gasteiger partial charge on any atom is -0.396 e. The van der Waals surface area contributed by atoms with Gasteiger partial charge in [0.05, 0.1) is 0 Å². The first-order valence-electron chi connectivity index (χ1n) is 5.18. The van der Waals surface area contributed by atoms with Gasteiger partial charge in [-0.05, 0) is 24.5 Å². The second-order valence-electron chi connectivity index (χ2n) is 3.59. The van der Waals surface area contributed by atoms with Crippen LogP contribution in [-0.4, -0.2) is 11.7 Å². The Labute approximate surface area is 88.7 Å². The van der Waals surface area contributed by atoms with Gasteiger partial charge in [-0.2, -0.15) is 0 Å². The van der Waals surface area contributed by atoms with Crippen LogP contribution in [0.3, 0.4) is 0 Å². The van der Waals surface area contributed by atoms with Gasteiger partial charge < -0.3 is 5.11 Å². The van der Waals surface area contributed by atoms with Gasteiger partial charge in [-0.15, -0.1) is 0 Å². The van der Waals surface area contributed by atoms with Crippen LogP contribution in [0.4, 0.5) is 8.78 Å². The normalized spacial score (nSPS) is 11.7. The zero-order valence-electron chi connectivity index (χ0n) is 8.84. The first-order chi connectivity index (χ1) is 7.10. The first kappa shape index (κ1) is 12.1. The minimum absolute atomic E-state index is 0.0699. The molecular weight excluding hydrogens is 198 g/mol. The SMILES string of the molecule is CCC(F)(F)c1cccc(CCCO)c1. The molecule has 1 nitrogen and oxygen atoms in total. The van der Waals surface area contributed by atoms with Crippen LogP contribution in [0, 0.1) is 0 Å². The molecule has 0 aliphatic rings. The van der Waals surface area contributed by atoms with Gasteiger partial charge in [-0.3, -0.25) is 0 Å². The van der Waals surface area contributed by atoms with E-state index in [4.69, 9.17) is 5.11 Å². The van der Waals surface area contributed by atoms with Gasteiger partial charge in [0.1, 0.15) is 0 Å². The molecule has 0 amide bonds. The van der Waals surface area contributed by atoms with E-state index < -0.39 is 5.92 Å². The van der Waals surface area contributed by atoms with Crippen molar-refractivity contribution in [3.63, 3.8) is 0 Å². The van der Waals surface area contributed by atoms with Crippen molar-refractivity contribution in [2.24, 2.45) is 0 Å². The van der Waals surface area contributed by atoms with Gasteiger partial charge in [0, 0.05) is 18.6 Å². The molecule has 0 saturated heterocycles. The fourth-order valence-electron chi connectivity index (χ4n) is 1.44. The first-order valence-corrected chi connectivity index (χ1v) is 5.18. The van der Waals surface area contributed by atoms with Crippen molar-refractivity contribution in [3.8, 4) is 0 Å². The summed E-state index contributed by atoms with van der Waals surface area (Å²) < 4.78 is 26.7. The average molecular weight is 214 g/mol. The fourth-order valence-corrected chi connectivity index (χ4v) is 1.44. The topological polar surface area (TPSA) is 20.2 Å². The number of aryl methyl sites for hydroxylation is 1. The molecule has 0 saturated carbocycles. The van der Waals surface area contributed by atoms with E-state index in [0.29, 0.717) is 12.8 Å². The Morgan fingerprint density at radius 2 is 2.07 bits per heavy atom. The summed E-state index contributed by atoms with van der Waals surface area (Å²) in [6.45, 7) is 1.56. The number of hydrogen-bond donors (Lipinski definition) is 1. The van der Waals surface area contributed by atoms with Crippen LogP contribution in [0.5, 0.6) is 0 Å². The lowest BCUT2D eigenvalue weighted by Gasteiger charge is -2.15. The Morgan fingerprint density at radius 3 is 2.67 bits per heavy atom. The van der Waals surface area contributed by atoms with Crippen molar-refractivity contribution in [2.45, 2.75) is 32.1 Å². The van der Waals surface area contributed by atoms with Gasteiger partial charge in [0.15, 0.2) is 0 Å². The maximum Gasteiger partial charge on any atom is 0.273 e. The van der Waals surface area contributed by atoms with Gasteiger partial charge in [0.2, 0.25) is 0 Å². The Morgan fingerprint density at radius 1 is 1.33 bits per heavy atom. The summed E-state index contributed by atoms with van der Waals surface area (Å²) in [5, 5.41) is 8.65. The largest absolute Gasteiger partial charge is 0.396 e. The van der Waals surface area contributed by atoms with E-state index in [0.717, 1.165) is 5.56 Å². The Bertz CT molecular complexity index is 310. The lowest BCUT2D eigenvalue weighted by atomic mass is 10.0. The van der Waals surface area contributed by atoms with Gasteiger partial charge in [0.25, 0.3) is 5.92 Å². The van der Waals surface area contributed by atoms with Gasteiger partial charge in [-0.1, -0.05) is 25.1 Å². The van der Waals surface area contributed by atoms with Crippen LogP contribution in [0.15, 0.2) is 24.3 Å². The molecule has 0 aliphatic heterocycles. The third-order valence-corrected chi connectivity index (χ3v) is 2.42. The zero-order valence-corrected chi connectivity index (χ0v) is 8.84. The molecule has 15 heavy (non-hydrogen) atoms. The van der Waals surface area contributed by atoms with Crippen molar-refractivity contribution in [1.82, 2.24) is 0 Å². The van der Waals surface area contributed by atoms with Crippen LogP contribution < -0.4 is 0 Å². The molecule has 0 bridgehead atoms. The second kappa shape index (κ2) is 5.21. The van der Waals surface area contributed by atoms with E-state index >= 15 is 0 Å². The van der Waals surface area contributed by atoms with E-state index in [2.05, 4.69) is 0 Å². The predicted octanol–water partition coefficient (Wildman–Crippen LogP) is 3.11. The van der Waals surface area contributed by atoms with Crippen LogP contribution in [-0.2, 0) is 12.3 Å². The Balaban J connectivity index is 2.82. The zero-order chi connectivity index (χ0) is 11.3. The molecule has 0 atom stereocenters. The molecule has 3 heteroatoms. The maximum absolute atomic E-state index is 13.3. The van der Waals surface area contributed by atoms with E-state index in [-0.39, 0.29) is 18.6 Å². The van der Waals surface area contributed by atoms with Gasteiger partial charge in [-0.25, -0.2) is 8.78 Å². The summed E-state index contributed by atoms with van der Waals surface area (Å²) in [5.41, 5.74) is 0.926. The molecule has 0 aromatic heterocycles. The molecule has 0 fully saturated rings. The second-order valence-corrected chi connectivity index (χ2v) is 3.59. The van der Waals surface area contributed by atoms with Crippen molar-refractivity contribution >= 4 is 0 Å². The Hall–Kier alpha value is -0.960. The summed E-state index contributed by atoms with van der Waals surface area (Å²) in [5.74, 6) is -2.74. The van der Waals surface area contributed by atoms with Crippen LogP contribution in [0.25, 0.3) is 0 Å². The Kier molecular flexibility index (Phi) is 4.21. The number of halogens is 2. The molecule has 0 spiro atoms. The van der Waals surface area contributed by atoms with Crippen molar-refractivity contribution in [2.75, 3.05) is 6.61 Å². The summed E-state index contributed by atoms with van der Waals surface area (Å²) in [4.78, 5) is 0. The lowest BCUT2D eigenvalue weighted by Crippen LogP contribution is -2.11.